The van der Waals surface area contributed by atoms with Crippen molar-refractivity contribution in [3.63, 3.8) is 0 Å². The van der Waals surface area contributed by atoms with Crippen LogP contribution in [0.25, 0.3) is 10.8 Å². The van der Waals surface area contributed by atoms with Crippen molar-refractivity contribution in [3.8, 4) is 0 Å². The molecule has 64 valence electrons. The van der Waals surface area contributed by atoms with Gasteiger partial charge in [-0.05, 0) is 0 Å². The number of fused-ring (bicyclic) bond motifs is 1. The molecule has 0 saturated carbocycles. The molecule has 0 bridgehead atoms. The van der Waals surface area contributed by atoms with Crippen LogP contribution < -0.4 is 4.46 Å². The molecule has 0 aliphatic rings. The van der Waals surface area contributed by atoms with Gasteiger partial charge in [-0.3, -0.25) is 0 Å². The van der Waals surface area contributed by atoms with Crippen molar-refractivity contribution in [2.75, 3.05) is 0 Å². The van der Waals surface area contributed by atoms with Gasteiger partial charge in [0.1, 0.15) is 0 Å². The Kier molecular flexibility index (Phi) is 2.39. The summed E-state index contributed by atoms with van der Waals surface area (Å²) in [4.78, 5) is 0. The number of nitrogens with one attached hydrogen (secondary N) is 1. The molecule has 0 fully saturated rings. The molecule has 0 aliphatic carbocycles. The third-order valence-corrected chi connectivity index (χ3v) is 3.24. The Morgan fingerprint density at radius 3 is 2.62 bits per heavy atom. The van der Waals surface area contributed by atoms with Crippen LogP contribution in [0.3, 0.4) is 0 Å². The van der Waals surface area contributed by atoms with Crippen molar-refractivity contribution in [1.29, 1.82) is 5.53 Å². The summed E-state index contributed by atoms with van der Waals surface area (Å²) in [6.07, 6.45) is 0. The monoisotopic (exact) mass is 236 g/mol. The van der Waals surface area contributed by atoms with Crippen molar-refractivity contribution in [2.45, 2.75) is 0 Å². The van der Waals surface area contributed by atoms with Crippen LogP contribution >= 0.6 is 0 Å². The molecule has 2 rings (SSSR count). The summed E-state index contributed by atoms with van der Waals surface area (Å²) in [6, 6.07) is 14.4. The van der Waals surface area contributed by atoms with Gasteiger partial charge in [0.25, 0.3) is 0 Å². The molecule has 0 unspecified atom stereocenters. The van der Waals surface area contributed by atoms with E-state index in [1.165, 1.54) is 15.2 Å². The Hall–Kier alpha value is -1.18. The predicted molar refractivity (Wildman–Crippen MR) is 54.5 cm³/mol. The number of hydrogen-bond donors (Lipinski definition) is 1. The van der Waals surface area contributed by atoms with Crippen molar-refractivity contribution in [3.05, 3.63) is 42.5 Å². The second-order valence-electron chi connectivity index (χ2n) is 2.66. The molecule has 0 atom stereocenters. The maximum absolute atomic E-state index is 6.87. The second-order valence-corrected chi connectivity index (χ2v) is 4.35. The fourth-order valence-electron chi connectivity index (χ4n) is 1.32. The zero-order valence-corrected chi connectivity index (χ0v) is 8.61. The van der Waals surface area contributed by atoms with Crippen LogP contribution in [0.1, 0.15) is 0 Å². The minimum atomic E-state index is -0.0686. The molecule has 0 radical (unpaired) electrons. The van der Waals surface area contributed by atoms with Crippen molar-refractivity contribution in [2.24, 2.45) is 4.13 Å². The third-order valence-electron chi connectivity index (χ3n) is 1.89. The molecule has 13 heavy (non-hydrogen) atoms. The molecular weight excluding hydrogens is 227 g/mol. The molecule has 3 heteroatoms. The number of nitrogens with zero attached hydrogens (tertiary/aromatic N) is 1. The molecule has 2 aromatic rings. The second kappa shape index (κ2) is 3.69. The summed E-state index contributed by atoms with van der Waals surface area (Å²) < 4.78 is 4.65. The topological polar surface area (TPSA) is 36.2 Å². The normalized spacial score (nSPS) is 10.2. The van der Waals surface area contributed by atoms with Gasteiger partial charge in [0.05, 0.1) is 0 Å². The molecule has 0 amide bonds. The van der Waals surface area contributed by atoms with E-state index < -0.39 is 0 Å². The molecular formula is C10H8N2Se. The van der Waals surface area contributed by atoms with Gasteiger partial charge >= 0.3 is 82.5 Å². The van der Waals surface area contributed by atoms with E-state index in [1.807, 2.05) is 24.3 Å². The summed E-state index contributed by atoms with van der Waals surface area (Å²) in [5.41, 5.74) is 6.87. The van der Waals surface area contributed by atoms with E-state index in [2.05, 4.69) is 22.3 Å². The molecule has 0 aliphatic heterocycles. The Labute approximate surface area is 82.8 Å². The first-order chi connectivity index (χ1) is 6.42. The van der Waals surface area contributed by atoms with E-state index in [9.17, 15) is 0 Å². The van der Waals surface area contributed by atoms with E-state index in [-0.39, 0.29) is 15.2 Å². The molecule has 2 aromatic carbocycles. The van der Waals surface area contributed by atoms with E-state index >= 15 is 0 Å². The van der Waals surface area contributed by atoms with E-state index in [0.717, 1.165) is 0 Å². The van der Waals surface area contributed by atoms with Gasteiger partial charge in [-0.15, -0.1) is 0 Å². The molecule has 0 aromatic heterocycles. The summed E-state index contributed by atoms with van der Waals surface area (Å²) in [6.45, 7) is 0. The first-order valence-electron chi connectivity index (χ1n) is 3.93. The fraction of sp³-hybridized carbons (Fsp3) is 0. The summed E-state index contributed by atoms with van der Waals surface area (Å²) >= 11 is -0.0686. The maximum atomic E-state index is 6.87. The van der Waals surface area contributed by atoms with Crippen LogP contribution in [0.5, 0.6) is 0 Å². The van der Waals surface area contributed by atoms with E-state index in [0.29, 0.717) is 0 Å². The Morgan fingerprint density at radius 1 is 1.00 bits per heavy atom. The molecule has 0 spiro atoms. The third kappa shape index (κ3) is 1.62. The average Bonchev–Trinajstić information content (AvgIpc) is 2.19. The first kappa shape index (κ1) is 8.42. The van der Waals surface area contributed by atoms with E-state index in [4.69, 9.17) is 5.53 Å². The summed E-state index contributed by atoms with van der Waals surface area (Å²) in [5, 5.41) is 2.45. The zero-order valence-electron chi connectivity index (χ0n) is 6.90. The molecule has 2 nitrogen and oxygen atoms in total. The molecule has 0 saturated heterocycles. The van der Waals surface area contributed by atoms with Gasteiger partial charge in [-0.25, -0.2) is 0 Å². The van der Waals surface area contributed by atoms with Crippen molar-refractivity contribution < 1.29 is 0 Å². The fourth-order valence-corrected chi connectivity index (χ4v) is 2.42. The van der Waals surface area contributed by atoms with Gasteiger partial charge in [-0.2, -0.15) is 0 Å². The Morgan fingerprint density at radius 2 is 1.77 bits per heavy atom. The summed E-state index contributed by atoms with van der Waals surface area (Å²) in [5.74, 6) is 0. The predicted octanol–water partition coefficient (Wildman–Crippen LogP) is 2.12. The van der Waals surface area contributed by atoms with Gasteiger partial charge in [0.15, 0.2) is 0 Å². The number of rotatable bonds is 2. The van der Waals surface area contributed by atoms with Crippen LogP contribution in [0.15, 0.2) is 46.6 Å². The zero-order chi connectivity index (χ0) is 9.10. The van der Waals surface area contributed by atoms with E-state index in [1.54, 1.807) is 0 Å². The van der Waals surface area contributed by atoms with Crippen LogP contribution in [0, 0.1) is 5.53 Å². The minimum absolute atomic E-state index is 0.0686. The van der Waals surface area contributed by atoms with Crippen molar-refractivity contribution >= 4 is 30.4 Å². The SMILES string of the molecule is N=N[Se]c1cccc2ccccc12. The Balaban J connectivity index is 2.68. The average molecular weight is 235 g/mol. The van der Waals surface area contributed by atoms with Gasteiger partial charge < -0.3 is 0 Å². The summed E-state index contributed by atoms with van der Waals surface area (Å²) in [7, 11) is 0. The van der Waals surface area contributed by atoms with Gasteiger partial charge in [0.2, 0.25) is 0 Å². The van der Waals surface area contributed by atoms with Gasteiger partial charge in [0, 0.05) is 0 Å². The Bertz CT molecular complexity index is 434. The van der Waals surface area contributed by atoms with Crippen molar-refractivity contribution in [1.82, 2.24) is 0 Å². The standard InChI is InChI=1S/C10H8N2Se/c11-12-13-10-7-3-5-8-4-1-2-6-9(8)10/h1-7,11H. The quantitative estimate of drug-likeness (QED) is 0.611. The molecule has 1 N–H and O–H groups in total. The van der Waals surface area contributed by atoms with Crippen LogP contribution in [-0.2, 0) is 0 Å². The van der Waals surface area contributed by atoms with Crippen LogP contribution in [0.4, 0.5) is 0 Å². The van der Waals surface area contributed by atoms with Crippen LogP contribution in [0.2, 0.25) is 0 Å². The van der Waals surface area contributed by atoms with Crippen LogP contribution in [-0.4, -0.2) is 15.2 Å². The molecule has 0 heterocycles. The van der Waals surface area contributed by atoms with Gasteiger partial charge in [-0.1, -0.05) is 0 Å². The first-order valence-corrected chi connectivity index (χ1v) is 5.55. The number of benzene rings is 2. The number of hydrogen-bond acceptors (Lipinski definition) is 2.